The lowest BCUT2D eigenvalue weighted by Gasteiger charge is -2.09. The summed E-state index contributed by atoms with van der Waals surface area (Å²) < 4.78 is 0. The average molecular weight is 272 g/mol. The summed E-state index contributed by atoms with van der Waals surface area (Å²) in [6.07, 6.45) is 0. The third kappa shape index (κ3) is 3.38. The van der Waals surface area contributed by atoms with E-state index in [1.165, 1.54) is 16.7 Å². The van der Waals surface area contributed by atoms with Crippen LogP contribution in [0, 0.1) is 13.8 Å². The van der Waals surface area contributed by atoms with Gasteiger partial charge in [0.05, 0.1) is 5.56 Å². The Bertz CT molecular complexity index is 568. The van der Waals surface area contributed by atoms with Crippen molar-refractivity contribution >= 4 is 17.7 Å². The molecule has 0 radical (unpaired) electrons. The number of rotatable bonds is 4. The molecule has 0 aliphatic heterocycles. The predicted molar refractivity (Wildman–Crippen MR) is 78.9 cm³/mol. The SMILES string of the molecule is Cc1cccc(C)c1CSc1ccc(C(=O)O)cc1. The predicted octanol–water partition coefficient (Wildman–Crippen LogP) is 4.29. The number of benzene rings is 2. The molecule has 0 amide bonds. The van der Waals surface area contributed by atoms with Crippen LogP contribution in [0.2, 0.25) is 0 Å². The van der Waals surface area contributed by atoms with Crippen molar-refractivity contribution in [1.29, 1.82) is 0 Å². The maximum absolute atomic E-state index is 10.8. The van der Waals surface area contributed by atoms with Gasteiger partial charge in [-0.3, -0.25) is 0 Å². The molecule has 3 heteroatoms. The van der Waals surface area contributed by atoms with Gasteiger partial charge in [0.1, 0.15) is 0 Å². The summed E-state index contributed by atoms with van der Waals surface area (Å²) in [5.74, 6) is 0.0246. The summed E-state index contributed by atoms with van der Waals surface area (Å²) in [7, 11) is 0. The van der Waals surface area contributed by atoms with Crippen molar-refractivity contribution in [2.75, 3.05) is 0 Å². The highest BCUT2D eigenvalue weighted by molar-refractivity contribution is 7.98. The van der Waals surface area contributed by atoms with Gasteiger partial charge in [-0.05, 0) is 54.8 Å². The molecule has 2 aromatic rings. The third-order valence-electron chi connectivity index (χ3n) is 3.13. The molecule has 0 bridgehead atoms. The normalized spacial score (nSPS) is 10.4. The number of aromatic carboxylic acids is 1. The van der Waals surface area contributed by atoms with Gasteiger partial charge in [-0.2, -0.15) is 0 Å². The summed E-state index contributed by atoms with van der Waals surface area (Å²) in [5, 5.41) is 8.85. The van der Waals surface area contributed by atoms with Crippen molar-refractivity contribution in [3.05, 3.63) is 64.7 Å². The molecular weight excluding hydrogens is 256 g/mol. The second-order valence-electron chi connectivity index (χ2n) is 4.49. The molecule has 0 spiro atoms. The lowest BCUT2D eigenvalue weighted by atomic mass is 10.1. The monoisotopic (exact) mass is 272 g/mol. The van der Waals surface area contributed by atoms with Gasteiger partial charge in [0.2, 0.25) is 0 Å². The van der Waals surface area contributed by atoms with Crippen LogP contribution in [0.15, 0.2) is 47.4 Å². The van der Waals surface area contributed by atoms with Crippen LogP contribution in [-0.2, 0) is 5.75 Å². The van der Waals surface area contributed by atoms with Crippen molar-refractivity contribution in [3.8, 4) is 0 Å². The van der Waals surface area contributed by atoms with E-state index in [4.69, 9.17) is 5.11 Å². The summed E-state index contributed by atoms with van der Waals surface area (Å²) in [5.41, 5.74) is 4.29. The minimum atomic E-state index is -0.883. The van der Waals surface area contributed by atoms with Gasteiger partial charge in [0.15, 0.2) is 0 Å². The standard InChI is InChI=1S/C16H16O2S/c1-11-4-3-5-12(2)15(11)10-19-14-8-6-13(7-9-14)16(17)18/h3-9H,10H2,1-2H3,(H,17,18). The molecule has 19 heavy (non-hydrogen) atoms. The van der Waals surface area contributed by atoms with Crippen LogP contribution in [-0.4, -0.2) is 11.1 Å². The highest BCUT2D eigenvalue weighted by Crippen LogP contribution is 2.26. The summed E-state index contributed by atoms with van der Waals surface area (Å²) in [6, 6.07) is 13.3. The van der Waals surface area contributed by atoms with E-state index in [1.807, 2.05) is 12.1 Å². The van der Waals surface area contributed by atoms with E-state index < -0.39 is 5.97 Å². The maximum Gasteiger partial charge on any atom is 0.335 e. The van der Waals surface area contributed by atoms with Crippen molar-refractivity contribution < 1.29 is 9.90 Å². The fraction of sp³-hybridized carbons (Fsp3) is 0.188. The quantitative estimate of drug-likeness (QED) is 0.843. The molecule has 98 valence electrons. The van der Waals surface area contributed by atoms with Gasteiger partial charge in [-0.25, -0.2) is 4.79 Å². The molecule has 0 heterocycles. The molecule has 0 aliphatic rings. The second kappa shape index (κ2) is 5.93. The molecule has 0 atom stereocenters. The van der Waals surface area contributed by atoms with Crippen molar-refractivity contribution in [2.24, 2.45) is 0 Å². The summed E-state index contributed by atoms with van der Waals surface area (Å²) >= 11 is 1.73. The molecule has 0 aromatic heterocycles. The molecular formula is C16H16O2S. The Labute approximate surface area is 117 Å². The highest BCUT2D eigenvalue weighted by Gasteiger charge is 2.05. The fourth-order valence-electron chi connectivity index (χ4n) is 1.93. The second-order valence-corrected chi connectivity index (χ2v) is 5.54. The van der Waals surface area contributed by atoms with Crippen LogP contribution in [0.4, 0.5) is 0 Å². The first kappa shape index (κ1) is 13.7. The van der Waals surface area contributed by atoms with E-state index in [0.29, 0.717) is 5.56 Å². The lowest BCUT2D eigenvalue weighted by molar-refractivity contribution is 0.0697. The van der Waals surface area contributed by atoms with Gasteiger partial charge >= 0.3 is 5.97 Å². The Morgan fingerprint density at radius 2 is 1.63 bits per heavy atom. The van der Waals surface area contributed by atoms with Crippen LogP contribution in [0.1, 0.15) is 27.0 Å². The van der Waals surface area contributed by atoms with E-state index in [2.05, 4.69) is 32.0 Å². The highest BCUT2D eigenvalue weighted by atomic mass is 32.2. The zero-order chi connectivity index (χ0) is 13.8. The third-order valence-corrected chi connectivity index (χ3v) is 4.17. The lowest BCUT2D eigenvalue weighted by Crippen LogP contribution is -1.95. The summed E-state index contributed by atoms with van der Waals surface area (Å²) in [6.45, 7) is 4.24. The number of carbonyl (C=O) groups is 1. The molecule has 0 aliphatic carbocycles. The number of thioether (sulfide) groups is 1. The van der Waals surface area contributed by atoms with E-state index in [1.54, 1.807) is 23.9 Å². The Morgan fingerprint density at radius 1 is 1.05 bits per heavy atom. The Kier molecular flexibility index (Phi) is 4.27. The van der Waals surface area contributed by atoms with Crippen molar-refractivity contribution in [1.82, 2.24) is 0 Å². The Balaban J connectivity index is 2.08. The number of carboxylic acids is 1. The minimum Gasteiger partial charge on any atom is -0.478 e. The number of hydrogen-bond donors (Lipinski definition) is 1. The maximum atomic E-state index is 10.8. The van der Waals surface area contributed by atoms with Gasteiger partial charge in [-0.15, -0.1) is 11.8 Å². The molecule has 2 nitrogen and oxygen atoms in total. The number of aryl methyl sites for hydroxylation is 2. The van der Waals surface area contributed by atoms with E-state index >= 15 is 0 Å². The van der Waals surface area contributed by atoms with E-state index in [0.717, 1.165) is 10.6 Å². The van der Waals surface area contributed by atoms with Crippen LogP contribution >= 0.6 is 11.8 Å². The van der Waals surface area contributed by atoms with Gasteiger partial charge < -0.3 is 5.11 Å². The smallest absolute Gasteiger partial charge is 0.335 e. The van der Waals surface area contributed by atoms with Crippen molar-refractivity contribution in [2.45, 2.75) is 24.5 Å². The van der Waals surface area contributed by atoms with Crippen molar-refractivity contribution in [3.63, 3.8) is 0 Å². The largest absolute Gasteiger partial charge is 0.478 e. The molecule has 0 saturated heterocycles. The zero-order valence-corrected chi connectivity index (χ0v) is 11.8. The van der Waals surface area contributed by atoms with E-state index in [-0.39, 0.29) is 0 Å². The van der Waals surface area contributed by atoms with Gasteiger partial charge in [0, 0.05) is 10.6 Å². The first-order chi connectivity index (χ1) is 9.08. The van der Waals surface area contributed by atoms with Crippen LogP contribution < -0.4 is 0 Å². The minimum absolute atomic E-state index is 0.330. The molecule has 1 N–H and O–H groups in total. The molecule has 0 saturated carbocycles. The zero-order valence-electron chi connectivity index (χ0n) is 11.0. The number of hydrogen-bond acceptors (Lipinski definition) is 2. The Morgan fingerprint density at radius 3 is 2.16 bits per heavy atom. The first-order valence-corrected chi connectivity index (χ1v) is 7.08. The fourth-order valence-corrected chi connectivity index (χ4v) is 3.02. The number of carboxylic acid groups (broad SMARTS) is 1. The van der Waals surface area contributed by atoms with Crippen LogP contribution in [0.5, 0.6) is 0 Å². The van der Waals surface area contributed by atoms with Crippen LogP contribution in [0.25, 0.3) is 0 Å². The molecule has 0 unspecified atom stereocenters. The first-order valence-electron chi connectivity index (χ1n) is 6.09. The van der Waals surface area contributed by atoms with Gasteiger partial charge in [-0.1, -0.05) is 18.2 Å². The van der Waals surface area contributed by atoms with Gasteiger partial charge in [0.25, 0.3) is 0 Å². The average Bonchev–Trinajstić information content (AvgIpc) is 2.38. The van der Waals surface area contributed by atoms with Crippen LogP contribution in [0.3, 0.4) is 0 Å². The Hall–Kier alpha value is -1.74. The molecule has 2 rings (SSSR count). The summed E-state index contributed by atoms with van der Waals surface area (Å²) in [4.78, 5) is 11.9. The molecule has 0 fully saturated rings. The topological polar surface area (TPSA) is 37.3 Å². The molecule has 2 aromatic carbocycles. The van der Waals surface area contributed by atoms with E-state index in [9.17, 15) is 4.79 Å².